The van der Waals surface area contributed by atoms with Crippen molar-refractivity contribution in [2.75, 3.05) is 13.2 Å². The van der Waals surface area contributed by atoms with Crippen LogP contribution in [0.15, 0.2) is 30.3 Å². The predicted octanol–water partition coefficient (Wildman–Crippen LogP) is 3.32. The van der Waals surface area contributed by atoms with Gasteiger partial charge in [-0.3, -0.25) is 4.55 Å². The van der Waals surface area contributed by atoms with Crippen molar-refractivity contribution in [1.82, 2.24) is 0 Å². The molecule has 2 atom stereocenters. The summed E-state index contributed by atoms with van der Waals surface area (Å²) in [6, 6.07) is 10.4. The number of carbonyl (C=O) groups is 1. The molecule has 0 aromatic heterocycles. The van der Waals surface area contributed by atoms with Crippen LogP contribution in [-0.4, -0.2) is 43.0 Å². The van der Waals surface area contributed by atoms with Crippen LogP contribution in [0.2, 0.25) is 0 Å². The highest BCUT2D eigenvalue weighted by Gasteiger charge is 2.59. The Morgan fingerprint density at radius 2 is 1.72 bits per heavy atom. The molecule has 4 aliphatic rings. The maximum atomic E-state index is 13.2. The fourth-order valence-corrected chi connectivity index (χ4v) is 6.33. The van der Waals surface area contributed by atoms with Gasteiger partial charge < -0.3 is 9.47 Å². The molecule has 0 heterocycles. The average molecular weight is 430 g/mol. The molecule has 0 radical (unpaired) electrons. The van der Waals surface area contributed by atoms with Crippen LogP contribution in [0.5, 0.6) is 0 Å². The van der Waals surface area contributed by atoms with Crippen molar-refractivity contribution in [2.24, 2.45) is 11.8 Å². The zero-order valence-corrected chi connectivity index (χ0v) is 16.7. The molecule has 4 fully saturated rings. The third-order valence-corrected chi connectivity index (χ3v) is 7.49. The molecule has 4 bridgehead atoms. The number of benzene rings is 1. The fraction of sp³-hybridized carbons (Fsp3) is 0.650. The molecule has 4 aliphatic carbocycles. The molecule has 1 aromatic carbocycles. The van der Waals surface area contributed by atoms with E-state index in [-0.39, 0.29) is 17.6 Å². The van der Waals surface area contributed by atoms with Gasteiger partial charge in [-0.1, -0.05) is 30.3 Å². The smallest absolute Gasteiger partial charge is 0.458 e. The van der Waals surface area contributed by atoms with E-state index in [9.17, 15) is 22.0 Å². The molecular formula is C20H24F2O6S. The van der Waals surface area contributed by atoms with Crippen LogP contribution in [-0.2, 0) is 29.8 Å². The Kier molecular flexibility index (Phi) is 4.99. The Morgan fingerprint density at radius 3 is 2.31 bits per heavy atom. The van der Waals surface area contributed by atoms with Crippen LogP contribution in [0.4, 0.5) is 8.78 Å². The third kappa shape index (κ3) is 3.68. The molecule has 0 spiro atoms. The number of rotatable bonds is 7. The summed E-state index contributed by atoms with van der Waals surface area (Å²) in [5.41, 5.74) is 0.985. The van der Waals surface area contributed by atoms with Crippen molar-refractivity contribution in [1.29, 1.82) is 0 Å². The van der Waals surface area contributed by atoms with Gasteiger partial charge >= 0.3 is 21.3 Å². The Balaban J connectivity index is 1.40. The van der Waals surface area contributed by atoms with Gasteiger partial charge in [-0.15, -0.1) is 0 Å². The molecule has 0 saturated heterocycles. The highest BCUT2D eigenvalue weighted by atomic mass is 32.2. The van der Waals surface area contributed by atoms with Crippen molar-refractivity contribution in [2.45, 2.75) is 54.8 Å². The van der Waals surface area contributed by atoms with Crippen molar-refractivity contribution in [3.8, 4) is 0 Å². The number of alkyl halides is 2. The van der Waals surface area contributed by atoms with E-state index >= 15 is 0 Å². The fourth-order valence-electron chi connectivity index (χ4n) is 6.06. The first-order valence-electron chi connectivity index (χ1n) is 9.77. The first-order valence-corrected chi connectivity index (χ1v) is 11.2. The highest BCUT2D eigenvalue weighted by Crippen LogP contribution is 2.63. The van der Waals surface area contributed by atoms with Gasteiger partial charge in [0.15, 0.2) is 0 Å². The van der Waals surface area contributed by atoms with Gasteiger partial charge in [-0.05, 0) is 61.3 Å². The summed E-state index contributed by atoms with van der Waals surface area (Å²) in [5.74, 6) is -1.21. The van der Waals surface area contributed by atoms with E-state index in [0.717, 1.165) is 32.1 Å². The maximum absolute atomic E-state index is 13.2. The number of hydrogen-bond donors (Lipinski definition) is 1. The van der Waals surface area contributed by atoms with Crippen molar-refractivity contribution in [3.63, 3.8) is 0 Å². The van der Waals surface area contributed by atoms with Crippen molar-refractivity contribution in [3.05, 3.63) is 35.9 Å². The number of hydrogen-bond acceptors (Lipinski definition) is 5. The summed E-state index contributed by atoms with van der Waals surface area (Å²) < 4.78 is 66.6. The summed E-state index contributed by atoms with van der Waals surface area (Å²) in [4.78, 5) is 11.3. The number of ether oxygens (including phenoxy) is 2. The van der Waals surface area contributed by atoms with E-state index in [2.05, 4.69) is 16.9 Å². The number of esters is 1. The van der Waals surface area contributed by atoms with Crippen LogP contribution >= 0.6 is 0 Å². The van der Waals surface area contributed by atoms with Crippen LogP contribution in [0.1, 0.15) is 44.1 Å². The largest absolute Gasteiger partial charge is 0.465 e. The summed E-state index contributed by atoms with van der Waals surface area (Å²) in [5, 5.41) is -4.98. The molecule has 5 rings (SSSR count). The van der Waals surface area contributed by atoms with E-state index in [1.165, 1.54) is 12.0 Å². The summed E-state index contributed by atoms with van der Waals surface area (Å²) in [7, 11) is -5.86. The summed E-state index contributed by atoms with van der Waals surface area (Å²) in [6.07, 6.45) is 6.05. The summed E-state index contributed by atoms with van der Waals surface area (Å²) >= 11 is 0. The first kappa shape index (κ1) is 20.7. The Morgan fingerprint density at radius 1 is 1.10 bits per heavy atom. The van der Waals surface area contributed by atoms with Crippen LogP contribution in [0, 0.1) is 11.8 Å². The molecular weight excluding hydrogens is 406 g/mol. The lowest BCUT2D eigenvalue weighted by molar-refractivity contribution is -0.185. The molecule has 29 heavy (non-hydrogen) atoms. The van der Waals surface area contributed by atoms with E-state index < -0.39 is 27.9 Å². The predicted molar refractivity (Wildman–Crippen MR) is 98.9 cm³/mol. The lowest BCUT2D eigenvalue weighted by Gasteiger charge is -2.62. The monoisotopic (exact) mass is 430 g/mol. The Labute approximate surface area is 168 Å². The SMILES string of the molecule is O=C(OCCOC12CC3CC(C1)CC(c1ccccc1)(C3)C2)C(F)(F)S(=O)(=O)O. The van der Waals surface area contributed by atoms with Gasteiger partial charge in [0.2, 0.25) is 0 Å². The van der Waals surface area contributed by atoms with E-state index in [4.69, 9.17) is 9.29 Å². The minimum Gasteiger partial charge on any atom is -0.458 e. The maximum Gasteiger partial charge on any atom is 0.465 e. The first-order chi connectivity index (χ1) is 13.6. The van der Waals surface area contributed by atoms with Crippen molar-refractivity contribution >= 4 is 16.1 Å². The molecule has 0 amide bonds. The average Bonchev–Trinajstić information content (AvgIpc) is 2.64. The van der Waals surface area contributed by atoms with Gasteiger partial charge in [-0.2, -0.15) is 17.2 Å². The van der Waals surface area contributed by atoms with Gasteiger partial charge in [0, 0.05) is 0 Å². The van der Waals surface area contributed by atoms with Gasteiger partial charge in [0.05, 0.1) is 12.2 Å². The van der Waals surface area contributed by atoms with Gasteiger partial charge in [0.1, 0.15) is 6.61 Å². The van der Waals surface area contributed by atoms with Gasteiger partial charge in [-0.25, -0.2) is 4.79 Å². The molecule has 1 N–H and O–H groups in total. The standard InChI is InChI=1S/C20H24F2O6S/c21-20(22,29(24,25)26)17(23)27-6-7-28-19-11-14-8-15(12-19)10-18(9-14,13-19)16-4-2-1-3-5-16/h1-5,14-15H,6-13H2,(H,24,25,26). The Hall–Kier alpha value is -1.58. The molecule has 0 aliphatic heterocycles. The molecule has 4 saturated carbocycles. The quantitative estimate of drug-likeness (QED) is 0.406. The molecule has 6 nitrogen and oxygen atoms in total. The zero-order valence-electron chi connectivity index (χ0n) is 15.9. The van der Waals surface area contributed by atoms with E-state index in [1.54, 1.807) is 0 Å². The van der Waals surface area contributed by atoms with Gasteiger partial charge in [0.25, 0.3) is 0 Å². The Bertz CT molecular complexity index is 871. The lowest BCUT2D eigenvalue weighted by atomic mass is 9.46. The summed E-state index contributed by atoms with van der Waals surface area (Å²) in [6.45, 7) is -0.600. The molecule has 2 unspecified atom stereocenters. The topological polar surface area (TPSA) is 89.9 Å². The lowest BCUT2D eigenvalue weighted by Crippen LogP contribution is -2.58. The second-order valence-corrected chi connectivity index (χ2v) is 10.2. The number of halogens is 2. The zero-order chi connectivity index (χ0) is 20.9. The second-order valence-electron chi connectivity index (χ2n) is 8.77. The molecule has 1 aromatic rings. The minimum atomic E-state index is -5.86. The van der Waals surface area contributed by atoms with Crippen LogP contribution in [0.3, 0.4) is 0 Å². The highest BCUT2D eigenvalue weighted by molar-refractivity contribution is 7.87. The normalized spacial score (nSPS) is 33.6. The van der Waals surface area contributed by atoms with Crippen LogP contribution < -0.4 is 0 Å². The van der Waals surface area contributed by atoms with E-state index in [1.807, 2.05) is 18.2 Å². The minimum absolute atomic E-state index is 0.0556. The third-order valence-electron chi connectivity index (χ3n) is 6.68. The second kappa shape index (κ2) is 6.99. The molecule has 160 valence electrons. The van der Waals surface area contributed by atoms with Crippen molar-refractivity contribution < 1.29 is 36.0 Å². The van der Waals surface area contributed by atoms with Crippen LogP contribution in [0.25, 0.3) is 0 Å². The van der Waals surface area contributed by atoms with E-state index in [0.29, 0.717) is 11.8 Å². The number of carbonyl (C=O) groups excluding carboxylic acids is 1. The molecule has 9 heteroatoms.